The summed E-state index contributed by atoms with van der Waals surface area (Å²) in [4.78, 5) is 69.7. The normalized spacial score (nSPS) is 35.4. The second-order valence-corrected chi connectivity index (χ2v) is 18.1. The smallest absolute Gasteiger partial charge is 0.411 e. The Morgan fingerprint density at radius 1 is 1.07 bits per heavy atom. The van der Waals surface area contributed by atoms with E-state index in [1.807, 2.05) is 49.7 Å². The maximum Gasteiger partial charge on any atom is 0.411 e. The molecule has 3 saturated heterocycles. The van der Waals surface area contributed by atoms with E-state index in [-0.39, 0.29) is 37.3 Å². The molecule has 3 fully saturated rings. The van der Waals surface area contributed by atoms with E-state index in [4.69, 9.17) is 40.3 Å². The van der Waals surface area contributed by atoms with Crippen LogP contribution in [0.4, 0.5) is 4.79 Å². The number of cyclic esters (lactones) is 1. The number of aryl methyl sites for hydroxylation is 2. The van der Waals surface area contributed by atoms with Gasteiger partial charge in [0, 0.05) is 62.0 Å². The summed E-state index contributed by atoms with van der Waals surface area (Å²) in [7, 11) is 5.22. The Morgan fingerprint density at radius 3 is 2.36 bits per heavy atom. The SMILES string of the molecule is C=C[C@]12OC(=O)N(CCCCn3cc(-c4ccc(Cl)nc4)nc3C)[C@H]1[C@H](C)C(=O)[C@H](C)C[C@](C)(OC)[C@H](OC1O[C@H](C)C[C@H](N(C)C)[C@H]1O)[C@@H](C)C(=O)[C@@H](C)C(=O)O[C@H]2CC. The van der Waals surface area contributed by atoms with Gasteiger partial charge in [-0.3, -0.25) is 19.3 Å². The van der Waals surface area contributed by atoms with Crippen LogP contribution in [0.3, 0.4) is 0 Å². The number of carbonyl (C=O) groups excluding carboxylic acids is 4. The van der Waals surface area contributed by atoms with Crippen LogP contribution in [-0.2, 0) is 44.6 Å². The molecule has 2 aromatic rings. The Balaban J connectivity index is 1.46. The van der Waals surface area contributed by atoms with E-state index >= 15 is 0 Å². The van der Waals surface area contributed by atoms with Gasteiger partial charge in [0.25, 0.3) is 0 Å². The minimum atomic E-state index is -1.61. The number of hydrogen-bond acceptors (Lipinski definition) is 13. The van der Waals surface area contributed by atoms with Crippen LogP contribution in [0, 0.1) is 30.6 Å². The Labute approximate surface area is 365 Å². The molecule has 0 radical (unpaired) electrons. The molecule has 1 unspecified atom stereocenters. The molecular formula is C45H66ClN5O10. The molecule has 0 spiro atoms. The van der Waals surface area contributed by atoms with Crippen LogP contribution < -0.4 is 0 Å². The van der Waals surface area contributed by atoms with Crippen LogP contribution in [0.15, 0.2) is 37.2 Å². The largest absolute Gasteiger partial charge is 0.457 e. The standard InChI is InChI=1S/C45H66ClN5O10/c1-13-34-45(14-2)39(51(43(56)61-45)20-16-15-19-50-24-32(48-30(50)8)31-17-18-35(46)47-23-31)27(5)36(52)25(3)22-44(9,57-12)40(28(6)37(53)29(7)41(55)59-34)60-42-38(54)33(49(10)11)21-26(4)58-42/h14,17-18,23-29,33-34,38-40,42,54H,2,13,15-16,19-22H2,1,3-12H3/t25-,26-,27-,28+,29-,33+,34+,38-,39+,40-,42?,44+,45-/m1/s1. The maximum atomic E-state index is 14.8. The number of likely N-dealkylation sites (N-methyl/N-ethyl adjacent to an activating group) is 1. The zero-order chi connectivity index (χ0) is 45.1. The number of ketones is 2. The fourth-order valence-corrected chi connectivity index (χ4v) is 9.76. The van der Waals surface area contributed by atoms with Gasteiger partial charge in [-0.05, 0) is 92.1 Å². The van der Waals surface area contributed by atoms with E-state index in [9.17, 15) is 24.3 Å². The lowest BCUT2D eigenvalue weighted by Gasteiger charge is -2.47. The number of Topliss-reactive ketones (excluding diaryl/α,β-unsaturated/α-hetero) is 2. The zero-order valence-corrected chi connectivity index (χ0v) is 38.4. The molecule has 1 N–H and O–H groups in total. The third kappa shape index (κ3) is 9.92. The monoisotopic (exact) mass is 871 g/mol. The number of imidazole rings is 1. The van der Waals surface area contributed by atoms with Crippen molar-refractivity contribution in [1.82, 2.24) is 24.3 Å². The molecule has 3 aliphatic heterocycles. The molecular weight excluding hydrogens is 806 g/mol. The van der Waals surface area contributed by atoms with Crippen LogP contribution in [0.25, 0.3) is 11.3 Å². The molecule has 13 atom stereocenters. The quantitative estimate of drug-likeness (QED) is 0.0860. The predicted molar refractivity (Wildman–Crippen MR) is 229 cm³/mol. The van der Waals surface area contributed by atoms with Crippen LogP contribution in [-0.4, -0.2) is 135 Å². The number of carbonyl (C=O) groups is 4. The molecule has 3 aliphatic rings. The zero-order valence-electron chi connectivity index (χ0n) is 37.6. The van der Waals surface area contributed by atoms with Crippen molar-refractivity contribution >= 4 is 35.2 Å². The highest BCUT2D eigenvalue weighted by atomic mass is 35.5. The van der Waals surface area contributed by atoms with Crippen molar-refractivity contribution < 1.29 is 48.0 Å². The molecule has 61 heavy (non-hydrogen) atoms. The van der Waals surface area contributed by atoms with E-state index in [1.54, 1.807) is 51.8 Å². The summed E-state index contributed by atoms with van der Waals surface area (Å²) in [5.74, 6) is -4.44. The highest BCUT2D eigenvalue weighted by Crippen LogP contribution is 2.44. The Hall–Kier alpha value is -3.73. The summed E-state index contributed by atoms with van der Waals surface area (Å²) in [6.45, 7) is 19.0. The minimum absolute atomic E-state index is 0.0986. The van der Waals surface area contributed by atoms with Crippen molar-refractivity contribution in [3.8, 4) is 11.3 Å². The number of nitrogens with zero attached hydrogens (tertiary/aromatic N) is 5. The Morgan fingerprint density at radius 2 is 1.75 bits per heavy atom. The second-order valence-electron chi connectivity index (χ2n) is 17.7. The number of amides is 1. The van der Waals surface area contributed by atoms with Gasteiger partial charge in [0.2, 0.25) is 0 Å². The first kappa shape index (κ1) is 48.3. The third-order valence-corrected chi connectivity index (χ3v) is 13.4. The summed E-state index contributed by atoms with van der Waals surface area (Å²) < 4.78 is 33.4. The van der Waals surface area contributed by atoms with E-state index < -0.39 is 83.4 Å². The van der Waals surface area contributed by atoms with Gasteiger partial charge in [-0.15, -0.1) is 0 Å². The van der Waals surface area contributed by atoms with Gasteiger partial charge in [0.05, 0.1) is 29.5 Å². The molecule has 0 saturated carbocycles. The molecule has 0 aromatic carbocycles. The van der Waals surface area contributed by atoms with Gasteiger partial charge in [0.15, 0.2) is 17.7 Å². The summed E-state index contributed by atoms with van der Waals surface area (Å²) in [5.41, 5.74) is -1.30. The molecule has 5 heterocycles. The van der Waals surface area contributed by atoms with Gasteiger partial charge >= 0.3 is 12.1 Å². The molecule has 16 heteroatoms. The molecule has 338 valence electrons. The van der Waals surface area contributed by atoms with Gasteiger partial charge < -0.3 is 38.3 Å². The van der Waals surface area contributed by atoms with E-state index in [0.29, 0.717) is 31.0 Å². The van der Waals surface area contributed by atoms with Crippen LogP contribution in [0.5, 0.6) is 0 Å². The molecule has 5 rings (SSSR count). The fraction of sp³-hybridized carbons (Fsp3) is 0.689. The number of unbranched alkanes of at least 4 members (excludes halogenated alkanes) is 1. The number of esters is 1. The van der Waals surface area contributed by atoms with Gasteiger partial charge in [-0.1, -0.05) is 45.9 Å². The first-order chi connectivity index (χ1) is 28.7. The number of aliphatic hydroxyl groups is 1. The summed E-state index contributed by atoms with van der Waals surface area (Å²) in [5, 5.41) is 11.9. The second kappa shape index (κ2) is 19.8. The molecule has 2 aromatic heterocycles. The number of pyridine rings is 1. The number of halogens is 1. The Kier molecular flexibility index (Phi) is 15.6. The first-order valence-electron chi connectivity index (χ1n) is 21.5. The average Bonchev–Trinajstić information content (AvgIpc) is 3.75. The van der Waals surface area contributed by atoms with Crippen LogP contribution in [0.2, 0.25) is 5.15 Å². The first-order valence-corrected chi connectivity index (χ1v) is 21.9. The van der Waals surface area contributed by atoms with Crippen molar-refractivity contribution in [2.45, 2.75) is 148 Å². The van der Waals surface area contributed by atoms with Crippen molar-refractivity contribution in [3.63, 3.8) is 0 Å². The maximum absolute atomic E-state index is 14.8. The summed E-state index contributed by atoms with van der Waals surface area (Å²) in [6.07, 6.45) is 1.89. The summed E-state index contributed by atoms with van der Waals surface area (Å²) in [6, 6.07) is 2.38. The van der Waals surface area contributed by atoms with Crippen LogP contribution in [0.1, 0.15) is 86.4 Å². The highest BCUT2D eigenvalue weighted by Gasteiger charge is 2.61. The van der Waals surface area contributed by atoms with E-state index in [0.717, 1.165) is 17.1 Å². The fourth-order valence-electron chi connectivity index (χ4n) is 9.65. The summed E-state index contributed by atoms with van der Waals surface area (Å²) >= 11 is 5.98. The lowest BCUT2D eigenvalue weighted by molar-refractivity contribution is -0.295. The van der Waals surface area contributed by atoms with Crippen LogP contribution >= 0.6 is 11.6 Å². The molecule has 0 bridgehead atoms. The minimum Gasteiger partial charge on any atom is -0.457 e. The molecule has 1 amide bonds. The lowest BCUT2D eigenvalue weighted by Crippen LogP contribution is -2.60. The van der Waals surface area contributed by atoms with Gasteiger partial charge in [-0.25, -0.2) is 14.8 Å². The van der Waals surface area contributed by atoms with Crippen molar-refractivity contribution in [2.75, 3.05) is 27.7 Å². The van der Waals surface area contributed by atoms with Crippen molar-refractivity contribution in [3.05, 3.63) is 48.2 Å². The van der Waals surface area contributed by atoms with Gasteiger partial charge in [0.1, 0.15) is 34.9 Å². The number of fused-ring (bicyclic) bond motifs is 1. The third-order valence-electron chi connectivity index (χ3n) is 13.2. The molecule has 0 aliphatic carbocycles. The number of aliphatic hydroxyl groups excluding tert-OH is 1. The molecule has 15 nitrogen and oxygen atoms in total. The highest BCUT2D eigenvalue weighted by molar-refractivity contribution is 6.29. The number of ether oxygens (including phenoxy) is 5. The predicted octanol–water partition coefficient (Wildman–Crippen LogP) is 6.06. The van der Waals surface area contributed by atoms with E-state index in [2.05, 4.69) is 11.6 Å². The topological polar surface area (TPSA) is 172 Å². The van der Waals surface area contributed by atoms with Crippen molar-refractivity contribution in [2.24, 2.45) is 23.7 Å². The average molecular weight is 873 g/mol. The number of methoxy groups -OCH3 is 1. The Bertz CT molecular complexity index is 1890. The lowest BCUT2D eigenvalue weighted by atomic mass is 9.72. The van der Waals surface area contributed by atoms with E-state index in [1.165, 1.54) is 20.1 Å². The van der Waals surface area contributed by atoms with Crippen molar-refractivity contribution in [1.29, 1.82) is 0 Å². The number of aromatic nitrogens is 3. The van der Waals surface area contributed by atoms with Gasteiger partial charge in [-0.2, -0.15) is 0 Å². The number of hydrogen-bond donors (Lipinski definition) is 1. The number of rotatable bonds is 12.